The van der Waals surface area contributed by atoms with E-state index in [0.717, 1.165) is 37.9 Å². The first-order valence-corrected chi connectivity index (χ1v) is 5.87. The SMILES string of the molecule is CNCC1CCN(Cc2nnn(C)n2)CC1. The van der Waals surface area contributed by atoms with Crippen molar-refractivity contribution in [1.29, 1.82) is 0 Å². The summed E-state index contributed by atoms with van der Waals surface area (Å²) in [6.07, 6.45) is 2.53. The molecule has 1 fully saturated rings. The molecule has 0 spiro atoms. The van der Waals surface area contributed by atoms with Gasteiger partial charge in [-0.05, 0) is 50.7 Å². The molecule has 1 aliphatic heterocycles. The van der Waals surface area contributed by atoms with Gasteiger partial charge < -0.3 is 5.32 Å². The van der Waals surface area contributed by atoms with Crippen LogP contribution in [-0.2, 0) is 13.6 Å². The number of piperidine rings is 1. The Kier molecular flexibility index (Phi) is 3.84. The fourth-order valence-corrected chi connectivity index (χ4v) is 2.22. The van der Waals surface area contributed by atoms with Crippen molar-refractivity contribution in [3.63, 3.8) is 0 Å². The molecule has 0 saturated carbocycles. The average Bonchev–Trinajstić information content (AvgIpc) is 2.67. The summed E-state index contributed by atoms with van der Waals surface area (Å²) in [7, 11) is 3.82. The predicted octanol–water partition coefficient (Wildman–Crippen LogP) is -0.358. The van der Waals surface area contributed by atoms with Gasteiger partial charge in [0.05, 0.1) is 13.6 Å². The highest BCUT2D eigenvalue weighted by atomic mass is 15.6. The number of tetrazole rings is 1. The molecule has 1 aromatic rings. The molecule has 16 heavy (non-hydrogen) atoms. The van der Waals surface area contributed by atoms with Gasteiger partial charge in [-0.25, -0.2) is 0 Å². The second-order valence-corrected chi connectivity index (χ2v) is 4.47. The van der Waals surface area contributed by atoms with Crippen LogP contribution >= 0.6 is 0 Å². The molecular formula is C10H20N6. The van der Waals surface area contributed by atoms with Crippen molar-refractivity contribution in [2.45, 2.75) is 19.4 Å². The molecule has 1 aliphatic rings. The molecule has 6 heteroatoms. The lowest BCUT2D eigenvalue weighted by atomic mass is 9.97. The van der Waals surface area contributed by atoms with Crippen molar-refractivity contribution in [1.82, 2.24) is 30.4 Å². The maximum Gasteiger partial charge on any atom is 0.188 e. The Morgan fingerprint density at radius 2 is 2.12 bits per heavy atom. The molecule has 0 amide bonds. The third kappa shape index (κ3) is 2.99. The van der Waals surface area contributed by atoms with E-state index >= 15 is 0 Å². The summed E-state index contributed by atoms with van der Waals surface area (Å²) >= 11 is 0. The van der Waals surface area contributed by atoms with Crippen LogP contribution in [0.25, 0.3) is 0 Å². The first-order chi connectivity index (χ1) is 7.78. The number of likely N-dealkylation sites (tertiary alicyclic amines) is 1. The predicted molar refractivity (Wildman–Crippen MR) is 60.7 cm³/mol. The van der Waals surface area contributed by atoms with Crippen molar-refractivity contribution >= 4 is 0 Å². The smallest absolute Gasteiger partial charge is 0.188 e. The van der Waals surface area contributed by atoms with Crippen LogP contribution in [0.1, 0.15) is 18.7 Å². The van der Waals surface area contributed by atoms with E-state index in [2.05, 4.69) is 25.6 Å². The molecule has 90 valence electrons. The quantitative estimate of drug-likeness (QED) is 0.757. The third-order valence-electron chi connectivity index (χ3n) is 3.11. The van der Waals surface area contributed by atoms with Crippen LogP contribution < -0.4 is 5.32 Å². The van der Waals surface area contributed by atoms with Crippen molar-refractivity contribution in [3.05, 3.63) is 5.82 Å². The summed E-state index contributed by atoms with van der Waals surface area (Å²) in [4.78, 5) is 3.92. The lowest BCUT2D eigenvalue weighted by Crippen LogP contribution is -2.36. The van der Waals surface area contributed by atoms with Gasteiger partial charge in [0.2, 0.25) is 0 Å². The van der Waals surface area contributed by atoms with Crippen LogP contribution in [0.4, 0.5) is 0 Å². The molecule has 0 radical (unpaired) electrons. The van der Waals surface area contributed by atoms with Crippen LogP contribution in [0.2, 0.25) is 0 Å². The van der Waals surface area contributed by atoms with E-state index in [-0.39, 0.29) is 0 Å². The summed E-state index contributed by atoms with van der Waals surface area (Å²) < 4.78 is 0. The zero-order valence-electron chi connectivity index (χ0n) is 10.1. The number of hydrogen-bond acceptors (Lipinski definition) is 5. The number of hydrogen-bond donors (Lipinski definition) is 1. The van der Waals surface area contributed by atoms with Crippen LogP contribution in [0.5, 0.6) is 0 Å². The van der Waals surface area contributed by atoms with Crippen molar-refractivity contribution in [2.24, 2.45) is 13.0 Å². The van der Waals surface area contributed by atoms with E-state index in [1.165, 1.54) is 17.6 Å². The lowest BCUT2D eigenvalue weighted by molar-refractivity contribution is 0.173. The van der Waals surface area contributed by atoms with E-state index in [0.29, 0.717) is 0 Å². The van der Waals surface area contributed by atoms with Crippen LogP contribution in [0, 0.1) is 5.92 Å². The van der Waals surface area contributed by atoms with Gasteiger partial charge in [-0.15, -0.1) is 10.2 Å². The van der Waals surface area contributed by atoms with Gasteiger partial charge in [-0.3, -0.25) is 4.90 Å². The fraction of sp³-hybridized carbons (Fsp3) is 0.900. The second-order valence-electron chi connectivity index (χ2n) is 4.47. The molecular weight excluding hydrogens is 204 g/mol. The minimum atomic E-state index is 0.828. The Labute approximate surface area is 96.0 Å². The normalized spacial score (nSPS) is 19.1. The fourth-order valence-electron chi connectivity index (χ4n) is 2.22. The Morgan fingerprint density at radius 3 is 2.69 bits per heavy atom. The highest BCUT2D eigenvalue weighted by Crippen LogP contribution is 2.17. The highest BCUT2D eigenvalue weighted by molar-refractivity contribution is 4.80. The van der Waals surface area contributed by atoms with Gasteiger partial charge in [-0.1, -0.05) is 0 Å². The van der Waals surface area contributed by atoms with Gasteiger partial charge in [0, 0.05) is 0 Å². The van der Waals surface area contributed by atoms with E-state index in [4.69, 9.17) is 0 Å². The number of aromatic nitrogens is 4. The summed E-state index contributed by atoms with van der Waals surface area (Å²) in [5.41, 5.74) is 0. The van der Waals surface area contributed by atoms with Gasteiger partial charge in [-0.2, -0.15) is 4.80 Å². The average molecular weight is 224 g/mol. The standard InChI is InChI=1S/C10H20N6/c1-11-7-9-3-5-16(6-4-9)8-10-12-14-15(2)13-10/h9,11H,3-8H2,1-2H3. The topological polar surface area (TPSA) is 58.9 Å². The Bertz CT molecular complexity index is 315. The van der Waals surface area contributed by atoms with Gasteiger partial charge >= 0.3 is 0 Å². The molecule has 2 rings (SSSR count). The molecule has 0 aromatic carbocycles. The largest absolute Gasteiger partial charge is 0.319 e. The minimum absolute atomic E-state index is 0.828. The molecule has 0 bridgehead atoms. The number of nitrogens with zero attached hydrogens (tertiary/aromatic N) is 5. The van der Waals surface area contributed by atoms with Crippen molar-refractivity contribution in [3.8, 4) is 0 Å². The van der Waals surface area contributed by atoms with Crippen LogP contribution in [0.15, 0.2) is 0 Å². The Morgan fingerprint density at radius 1 is 1.38 bits per heavy atom. The summed E-state index contributed by atoms with van der Waals surface area (Å²) in [5.74, 6) is 1.66. The maximum absolute atomic E-state index is 4.20. The monoisotopic (exact) mass is 224 g/mol. The first kappa shape index (κ1) is 11.5. The van der Waals surface area contributed by atoms with Gasteiger partial charge in [0.25, 0.3) is 0 Å². The maximum atomic E-state index is 4.20. The molecule has 1 aromatic heterocycles. The van der Waals surface area contributed by atoms with E-state index in [9.17, 15) is 0 Å². The summed E-state index contributed by atoms with van der Waals surface area (Å²) in [6, 6.07) is 0. The van der Waals surface area contributed by atoms with Crippen LogP contribution in [0.3, 0.4) is 0 Å². The number of nitrogens with one attached hydrogen (secondary N) is 1. The zero-order chi connectivity index (χ0) is 11.4. The molecule has 0 aliphatic carbocycles. The van der Waals surface area contributed by atoms with E-state index in [1.807, 2.05) is 7.05 Å². The third-order valence-corrected chi connectivity index (χ3v) is 3.11. The van der Waals surface area contributed by atoms with Crippen molar-refractivity contribution in [2.75, 3.05) is 26.7 Å². The molecule has 6 nitrogen and oxygen atoms in total. The highest BCUT2D eigenvalue weighted by Gasteiger charge is 2.19. The number of aryl methyl sites for hydroxylation is 1. The summed E-state index contributed by atoms with van der Waals surface area (Å²) in [5, 5.41) is 15.3. The first-order valence-electron chi connectivity index (χ1n) is 5.87. The molecule has 0 atom stereocenters. The lowest BCUT2D eigenvalue weighted by Gasteiger charge is -2.30. The second kappa shape index (κ2) is 5.36. The Hall–Kier alpha value is -1.01. The Balaban J connectivity index is 1.77. The minimum Gasteiger partial charge on any atom is -0.319 e. The molecule has 2 heterocycles. The zero-order valence-corrected chi connectivity index (χ0v) is 10.1. The van der Waals surface area contributed by atoms with Crippen molar-refractivity contribution < 1.29 is 0 Å². The van der Waals surface area contributed by atoms with E-state index < -0.39 is 0 Å². The molecule has 1 saturated heterocycles. The molecule has 0 unspecified atom stereocenters. The number of rotatable bonds is 4. The summed E-state index contributed by atoms with van der Waals surface area (Å²) in [6.45, 7) is 4.26. The van der Waals surface area contributed by atoms with Gasteiger partial charge in [0.15, 0.2) is 5.82 Å². The molecule has 1 N–H and O–H groups in total. The van der Waals surface area contributed by atoms with E-state index in [1.54, 1.807) is 7.05 Å². The van der Waals surface area contributed by atoms with Crippen LogP contribution in [-0.4, -0.2) is 51.8 Å². The van der Waals surface area contributed by atoms with Gasteiger partial charge in [0.1, 0.15) is 0 Å².